The van der Waals surface area contributed by atoms with Crippen molar-refractivity contribution in [1.29, 1.82) is 0 Å². The molecule has 0 aliphatic heterocycles. The number of carboxylic acids is 1. The van der Waals surface area contributed by atoms with Gasteiger partial charge in [-0.25, -0.2) is 4.79 Å². The first-order valence-electron chi connectivity index (χ1n) is 6.70. The highest BCUT2D eigenvalue weighted by Gasteiger charge is 2.15. The number of benzene rings is 1. The van der Waals surface area contributed by atoms with E-state index in [1.165, 1.54) is 10.6 Å². The summed E-state index contributed by atoms with van der Waals surface area (Å²) >= 11 is 0. The van der Waals surface area contributed by atoms with Crippen molar-refractivity contribution in [2.45, 2.75) is 13.5 Å². The van der Waals surface area contributed by atoms with E-state index in [0.29, 0.717) is 11.4 Å². The normalized spacial score (nSPS) is 10.3. The molecule has 0 atom stereocenters. The molecule has 0 spiro atoms. The SMILES string of the molecule is C=C(C)Cn1c(-c2ccc(OC)cc2)ccc(C(=O)O)c1=O. The molecule has 0 saturated carbocycles. The zero-order valence-electron chi connectivity index (χ0n) is 12.5. The fraction of sp³-hybridized carbons (Fsp3) is 0.176. The van der Waals surface area contributed by atoms with Crippen LogP contribution in [-0.2, 0) is 6.54 Å². The number of allylic oxidation sites excluding steroid dienone is 1. The Labute approximate surface area is 128 Å². The Balaban J connectivity index is 2.63. The molecule has 1 N–H and O–H groups in total. The summed E-state index contributed by atoms with van der Waals surface area (Å²) in [7, 11) is 1.58. The van der Waals surface area contributed by atoms with Crippen molar-refractivity contribution in [2.24, 2.45) is 0 Å². The number of methoxy groups -OCH3 is 1. The van der Waals surface area contributed by atoms with E-state index in [2.05, 4.69) is 6.58 Å². The Morgan fingerprint density at radius 2 is 1.86 bits per heavy atom. The smallest absolute Gasteiger partial charge is 0.341 e. The van der Waals surface area contributed by atoms with Crippen molar-refractivity contribution in [3.05, 3.63) is 64.5 Å². The third-order valence-electron chi connectivity index (χ3n) is 3.22. The van der Waals surface area contributed by atoms with Gasteiger partial charge >= 0.3 is 5.97 Å². The maximum atomic E-state index is 12.4. The predicted molar refractivity (Wildman–Crippen MR) is 84.5 cm³/mol. The van der Waals surface area contributed by atoms with Crippen LogP contribution >= 0.6 is 0 Å². The highest BCUT2D eigenvalue weighted by atomic mass is 16.5. The van der Waals surface area contributed by atoms with Crippen LogP contribution < -0.4 is 10.3 Å². The van der Waals surface area contributed by atoms with Gasteiger partial charge in [0.25, 0.3) is 5.56 Å². The third-order valence-corrected chi connectivity index (χ3v) is 3.22. The molecule has 5 heteroatoms. The van der Waals surface area contributed by atoms with Gasteiger partial charge < -0.3 is 14.4 Å². The maximum absolute atomic E-state index is 12.4. The molecular formula is C17H17NO4. The lowest BCUT2D eigenvalue weighted by molar-refractivity contribution is 0.0694. The second-order valence-electron chi connectivity index (χ2n) is 5.01. The molecular weight excluding hydrogens is 282 g/mol. The Kier molecular flexibility index (Phi) is 4.46. The minimum atomic E-state index is -1.23. The fourth-order valence-electron chi connectivity index (χ4n) is 2.18. The average molecular weight is 299 g/mol. The molecule has 2 rings (SSSR count). The topological polar surface area (TPSA) is 68.5 Å². The lowest BCUT2D eigenvalue weighted by Crippen LogP contribution is -2.27. The van der Waals surface area contributed by atoms with Gasteiger partial charge in [-0.05, 0) is 48.9 Å². The summed E-state index contributed by atoms with van der Waals surface area (Å²) in [5, 5.41) is 9.10. The molecule has 22 heavy (non-hydrogen) atoms. The van der Waals surface area contributed by atoms with Crippen LogP contribution in [0, 0.1) is 0 Å². The summed E-state index contributed by atoms with van der Waals surface area (Å²) in [6.45, 7) is 5.86. The standard InChI is InChI=1S/C17H17NO4/c1-11(2)10-18-15(9-8-14(16(18)19)17(20)21)12-4-6-13(22-3)7-5-12/h4-9H,1,10H2,2-3H3,(H,20,21). The molecule has 1 aromatic carbocycles. The van der Waals surface area contributed by atoms with Gasteiger partial charge in [-0.1, -0.05) is 12.2 Å². The number of carboxylic acid groups (broad SMARTS) is 1. The second kappa shape index (κ2) is 6.30. The lowest BCUT2D eigenvalue weighted by atomic mass is 10.1. The largest absolute Gasteiger partial charge is 0.497 e. The number of rotatable bonds is 5. The molecule has 0 amide bonds. The highest BCUT2D eigenvalue weighted by molar-refractivity contribution is 5.87. The van der Waals surface area contributed by atoms with Gasteiger partial charge in [0.15, 0.2) is 0 Å². The average Bonchev–Trinajstić information content (AvgIpc) is 2.48. The third kappa shape index (κ3) is 3.09. The fourth-order valence-corrected chi connectivity index (χ4v) is 2.18. The van der Waals surface area contributed by atoms with E-state index in [1.54, 1.807) is 32.2 Å². The Bertz CT molecular complexity index is 772. The summed E-state index contributed by atoms with van der Waals surface area (Å²) in [5.74, 6) is -0.526. The minimum Gasteiger partial charge on any atom is -0.497 e. The van der Waals surface area contributed by atoms with E-state index in [-0.39, 0.29) is 12.1 Å². The number of nitrogens with zero attached hydrogens (tertiary/aromatic N) is 1. The Morgan fingerprint density at radius 1 is 1.23 bits per heavy atom. The highest BCUT2D eigenvalue weighted by Crippen LogP contribution is 2.22. The molecule has 1 aromatic heterocycles. The van der Waals surface area contributed by atoms with Gasteiger partial charge in [0.05, 0.1) is 12.8 Å². The zero-order chi connectivity index (χ0) is 16.3. The summed E-state index contributed by atoms with van der Waals surface area (Å²) < 4.78 is 6.54. The number of hydrogen-bond donors (Lipinski definition) is 1. The van der Waals surface area contributed by atoms with E-state index in [9.17, 15) is 9.59 Å². The van der Waals surface area contributed by atoms with Gasteiger partial charge in [0, 0.05) is 6.54 Å². The predicted octanol–water partition coefficient (Wildman–Crippen LogP) is 2.80. The number of ether oxygens (including phenoxy) is 1. The quantitative estimate of drug-likeness (QED) is 0.862. The van der Waals surface area contributed by atoms with Crippen LogP contribution in [0.25, 0.3) is 11.3 Å². The van der Waals surface area contributed by atoms with Crippen LogP contribution in [-0.4, -0.2) is 22.8 Å². The number of aromatic carboxylic acids is 1. The van der Waals surface area contributed by atoms with Crippen LogP contribution in [0.1, 0.15) is 17.3 Å². The van der Waals surface area contributed by atoms with Crippen molar-refractivity contribution in [3.8, 4) is 17.0 Å². The van der Waals surface area contributed by atoms with Gasteiger partial charge in [-0.15, -0.1) is 0 Å². The summed E-state index contributed by atoms with van der Waals surface area (Å²) in [6, 6.07) is 10.2. The molecule has 114 valence electrons. The molecule has 0 aliphatic rings. The van der Waals surface area contributed by atoms with Crippen molar-refractivity contribution >= 4 is 5.97 Å². The zero-order valence-corrected chi connectivity index (χ0v) is 12.5. The van der Waals surface area contributed by atoms with Gasteiger partial charge in [-0.2, -0.15) is 0 Å². The van der Waals surface area contributed by atoms with E-state index < -0.39 is 11.5 Å². The number of carbonyl (C=O) groups is 1. The molecule has 0 bridgehead atoms. The first kappa shape index (κ1) is 15.6. The van der Waals surface area contributed by atoms with Crippen molar-refractivity contribution < 1.29 is 14.6 Å². The van der Waals surface area contributed by atoms with Crippen LogP contribution in [0.4, 0.5) is 0 Å². The molecule has 0 unspecified atom stereocenters. The van der Waals surface area contributed by atoms with Crippen LogP contribution in [0.5, 0.6) is 5.75 Å². The van der Waals surface area contributed by atoms with E-state index in [1.807, 2.05) is 12.1 Å². The molecule has 5 nitrogen and oxygen atoms in total. The second-order valence-corrected chi connectivity index (χ2v) is 5.01. The lowest BCUT2D eigenvalue weighted by Gasteiger charge is -2.14. The molecule has 0 radical (unpaired) electrons. The van der Waals surface area contributed by atoms with Crippen LogP contribution in [0.3, 0.4) is 0 Å². The molecule has 2 aromatic rings. The molecule has 1 heterocycles. The first-order chi connectivity index (χ1) is 10.4. The molecule has 0 saturated heterocycles. The van der Waals surface area contributed by atoms with Gasteiger partial charge in [0.2, 0.25) is 0 Å². The minimum absolute atomic E-state index is 0.251. The molecule has 0 fully saturated rings. The number of hydrogen-bond acceptors (Lipinski definition) is 3. The molecule has 0 aliphatic carbocycles. The first-order valence-corrected chi connectivity index (χ1v) is 6.70. The maximum Gasteiger partial charge on any atom is 0.341 e. The Morgan fingerprint density at radius 3 is 2.36 bits per heavy atom. The monoisotopic (exact) mass is 299 g/mol. The summed E-state index contributed by atoms with van der Waals surface area (Å²) in [5.41, 5.74) is 1.42. The van der Waals surface area contributed by atoms with Crippen molar-refractivity contribution in [2.75, 3.05) is 7.11 Å². The van der Waals surface area contributed by atoms with Gasteiger partial charge in [-0.3, -0.25) is 4.79 Å². The van der Waals surface area contributed by atoms with E-state index >= 15 is 0 Å². The van der Waals surface area contributed by atoms with Gasteiger partial charge in [0.1, 0.15) is 11.3 Å². The van der Waals surface area contributed by atoms with Crippen molar-refractivity contribution in [1.82, 2.24) is 4.57 Å². The van der Waals surface area contributed by atoms with E-state index in [4.69, 9.17) is 9.84 Å². The number of pyridine rings is 1. The van der Waals surface area contributed by atoms with Crippen LogP contribution in [0.2, 0.25) is 0 Å². The Hall–Kier alpha value is -2.82. The summed E-state index contributed by atoms with van der Waals surface area (Å²) in [6.07, 6.45) is 0. The summed E-state index contributed by atoms with van der Waals surface area (Å²) in [4.78, 5) is 23.5. The van der Waals surface area contributed by atoms with Crippen molar-refractivity contribution in [3.63, 3.8) is 0 Å². The van der Waals surface area contributed by atoms with E-state index in [0.717, 1.165) is 11.1 Å². The number of aromatic nitrogens is 1. The van der Waals surface area contributed by atoms with Crippen LogP contribution in [0.15, 0.2) is 53.3 Å².